The molecule has 2 unspecified atom stereocenters. The Kier molecular flexibility index (Phi) is 8.93. The van der Waals surface area contributed by atoms with Gasteiger partial charge in [-0.15, -0.1) is 0 Å². The maximum Gasteiger partial charge on any atom is 0.181 e. The van der Waals surface area contributed by atoms with Gasteiger partial charge in [0.05, 0.1) is 6.04 Å². The number of carbonyl (C=O) groups is 1. The number of ketones is 1. The Morgan fingerprint density at radius 1 is 1.14 bits per heavy atom. The second kappa shape index (κ2) is 11.2. The quantitative estimate of drug-likeness (QED) is 0.467. The molecule has 1 heterocycles. The van der Waals surface area contributed by atoms with Crippen LogP contribution in [0.15, 0.2) is 41.5 Å². The summed E-state index contributed by atoms with van der Waals surface area (Å²) in [6, 6.07) is 4.95. The molecule has 0 saturated carbocycles. The first kappa shape index (κ1) is 23.2. The van der Waals surface area contributed by atoms with Crippen LogP contribution in [0.1, 0.15) is 57.8 Å². The molecule has 160 valence electrons. The largest absolute Gasteiger partial charge is 0.486 e. The van der Waals surface area contributed by atoms with Gasteiger partial charge >= 0.3 is 0 Å². The Bertz CT molecular complexity index is 746. The number of Topliss-reactive ketones (excluding diaryl/α,β-unsaturated/α-hetero) is 1. The smallest absolute Gasteiger partial charge is 0.181 e. The first-order valence-corrected chi connectivity index (χ1v) is 10.5. The van der Waals surface area contributed by atoms with Crippen LogP contribution in [0.5, 0.6) is 11.5 Å². The van der Waals surface area contributed by atoms with Crippen molar-refractivity contribution in [3.8, 4) is 11.5 Å². The maximum atomic E-state index is 13.1. The highest BCUT2D eigenvalue weighted by molar-refractivity contribution is 6.01. The van der Waals surface area contributed by atoms with E-state index in [0.717, 1.165) is 25.9 Å². The zero-order valence-corrected chi connectivity index (χ0v) is 18.5. The van der Waals surface area contributed by atoms with Gasteiger partial charge in [-0.2, -0.15) is 0 Å². The third-order valence-electron chi connectivity index (χ3n) is 5.23. The van der Waals surface area contributed by atoms with Crippen molar-refractivity contribution in [1.29, 1.82) is 0 Å². The van der Waals surface area contributed by atoms with Crippen LogP contribution in [0.25, 0.3) is 0 Å². The fraction of sp³-hybridized carbons (Fsp3) is 0.542. The highest BCUT2D eigenvalue weighted by atomic mass is 16.5. The van der Waals surface area contributed by atoms with Gasteiger partial charge in [-0.1, -0.05) is 18.1 Å². The number of rotatable bonds is 10. The predicted molar refractivity (Wildman–Crippen MR) is 119 cm³/mol. The van der Waals surface area contributed by atoms with Gasteiger partial charge in [0.2, 0.25) is 0 Å². The van der Waals surface area contributed by atoms with E-state index in [0.29, 0.717) is 30.3 Å². The summed E-state index contributed by atoms with van der Waals surface area (Å²) in [5, 5.41) is 0. The topological polar surface area (TPSA) is 64.8 Å². The summed E-state index contributed by atoms with van der Waals surface area (Å²) in [5.74, 6) is 1.16. The van der Waals surface area contributed by atoms with Crippen molar-refractivity contribution >= 4 is 5.78 Å². The number of hydrogen-bond donors (Lipinski definition) is 1. The third kappa shape index (κ3) is 6.72. The summed E-state index contributed by atoms with van der Waals surface area (Å²) in [4.78, 5) is 15.4. The number of nitrogens with two attached hydrogens (primary N) is 1. The Balaban J connectivity index is 2.21. The molecule has 1 fully saturated rings. The van der Waals surface area contributed by atoms with Gasteiger partial charge < -0.3 is 15.2 Å². The summed E-state index contributed by atoms with van der Waals surface area (Å²) in [6.07, 6.45) is 6.06. The molecule has 1 aliphatic rings. The minimum atomic E-state index is -0.527. The lowest BCUT2D eigenvalue weighted by atomic mass is 9.96. The molecule has 0 radical (unpaired) electrons. The predicted octanol–water partition coefficient (Wildman–Crippen LogP) is 4.37. The van der Waals surface area contributed by atoms with Gasteiger partial charge in [0.1, 0.15) is 13.2 Å². The average molecular weight is 401 g/mol. The first-order valence-electron chi connectivity index (χ1n) is 10.5. The number of likely N-dealkylation sites (N-methyl/N-ethyl adjacent to an activating group) is 1. The second-order valence-electron chi connectivity index (χ2n) is 8.07. The van der Waals surface area contributed by atoms with Crippen LogP contribution in [-0.2, 0) is 0 Å². The molecule has 0 bridgehead atoms. The van der Waals surface area contributed by atoms with E-state index >= 15 is 0 Å². The SMILES string of the molecule is CCN1CCCC1C(N)C(=O)c1ccc(OCC=C(C)C)c(OCC=C(C)C)c1. The number of nitrogens with zero attached hydrogens (tertiary/aromatic N) is 1. The molecule has 5 nitrogen and oxygen atoms in total. The Morgan fingerprint density at radius 3 is 2.34 bits per heavy atom. The van der Waals surface area contributed by atoms with Gasteiger partial charge in [-0.05, 0) is 84.0 Å². The van der Waals surface area contributed by atoms with Crippen molar-refractivity contribution in [2.75, 3.05) is 26.3 Å². The van der Waals surface area contributed by atoms with Crippen LogP contribution in [-0.4, -0.2) is 49.1 Å². The average Bonchev–Trinajstić information content (AvgIpc) is 3.16. The number of hydrogen-bond acceptors (Lipinski definition) is 5. The fourth-order valence-corrected chi connectivity index (χ4v) is 3.51. The van der Waals surface area contributed by atoms with Gasteiger partial charge in [-0.25, -0.2) is 0 Å². The van der Waals surface area contributed by atoms with E-state index in [9.17, 15) is 4.79 Å². The molecule has 1 aromatic rings. The Morgan fingerprint density at radius 2 is 1.76 bits per heavy atom. The van der Waals surface area contributed by atoms with Crippen molar-refractivity contribution in [2.45, 2.75) is 59.5 Å². The minimum absolute atomic E-state index is 0.0433. The number of carbonyl (C=O) groups excluding carboxylic acids is 1. The Hall–Kier alpha value is -2.11. The molecule has 1 aliphatic heterocycles. The van der Waals surface area contributed by atoms with Crippen LogP contribution >= 0.6 is 0 Å². The van der Waals surface area contributed by atoms with Crippen molar-refractivity contribution in [1.82, 2.24) is 4.90 Å². The van der Waals surface area contributed by atoms with E-state index in [2.05, 4.69) is 11.8 Å². The van der Waals surface area contributed by atoms with E-state index < -0.39 is 6.04 Å². The van der Waals surface area contributed by atoms with Gasteiger partial charge in [0.15, 0.2) is 17.3 Å². The highest BCUT2D eigenvalue weighted by Gasteiger charge is 2.33. The second-order valence-corrected chi connectivity index (χ2v) is 8.07. The lowest BCUT2D eigenvalue weighted by Crippen LogP contribution is -2.48. The third-order valence-corrected chi connectivity index (χ3v) is 5.23. The summed E-state index contributed by atoms with van der Waals surface area (Å²) < 4.78 is 11.8. The Labute approximate surface area is 175 Å². The van der Waals surface area contributed by atoms with Crippen LogP contribution in [0.3, 0.4) is 0 Å². The lowest BCUT2D eigenvalue weighted by Gasteiger charge is -2.27. The molecule has 0 aromatic heterocycles. The van der Waals surface area contributed by atoms with E-state index in [-0.39, 0.29) is 11.8 Å². The molecule has 2 atom stereocenters. The number of ether oxygens (including phenoxy) is 2. The zero-order valence-electron chi connectivity index (χ0n) is 18.5. The van der Waals surface area contributed by atoms with Crippen LogP contribution in [0.4, 0.5) is 0 Å². The molecule has 1 aromatic carbocycles. The molecule has 0 aliphatic carbocycles. The summed E-state index contributed by atoms with van der Waals surface area (Å²) in [5.41, 5.74) is 9.31. The van der Waals surface area contributed by atoms with E-state index in [1.165, 1.54) is 11.1 Å². The van der Waals surface area contributed by atoms with Crippen molar-refractivity contribution in [2.24, 2.45) is 5.73 Å². The van der Waals surface area contributed by atoms with E-state index in [4.69, 9.17) is 15.2 Å². The van der Waals surface area contributed by atoms with Crippen LogP contribution < -0.4 is 15.2 Å². The zero-order chi connectivity index (χ0) is 21.4. The van der Waals surface area contributed by atoms with Crippen LogP contribution in [0, 0.1) is 0 Å². The van der Waals surface area contributed by atoms with Crippen molar-refractivity contribution < 1.29 is 14.3 Å². The number of allylic oxidation sites excluding steroid dienone is 2. The molecule has 5 heteroatoms. The number of benzene rings is 1. The van der Waals surface area contributed by atoms with Crippen molar-refractivity contribution in [3.05, 3.63) is 47.1 Å². The monoisotopic (exact) mass is 400 g/mol. The lowest BCUT2D eigenvalue weighted by molar-refractivity contribution is 0.0907. The molecule has 2 rings (SSSR count). The fourth-order valence-electron chi connectivity index (χ4n) is 3.51. The summed E-state index contributed by atoms with van der Waals surface area (Å²) in [7, 11) is 0. The van der Waals surface area contributed by atoms with Crippen molar-refractivity contribution in [3.63, 3.8) is 0 Å². The molecule has 2 N–H and O–H groups in total. The summed E-state index contributed by atoms with van der Waals surface area (Å²) >= 11 is 0. The van der Waals surface area contributed by atoms with Gasteiger partial charge in [0, 0.05) is 11.6 Å². The molecular weight excluding hydrogens is 364 g/mol. The van der Waals surface area contributed by atoms with E-state index in [1.807, 2.05) is 45.9 Å². The van der Waals surface area contributed by atoms with Gasteiger partial charge in [-0.3, -0.25) is 9.69 Å². The standard InChI is InChI=1S/C24H36N2O3/c1-6-26-13-7-8-20(26)23(25)24(27)19-9-10-21(28-14-11-17(2)3)22(16-19)29-15-12-18(4)5/h9-12,16,20,23H,6-8,13-15,25H2,1-5H3. The molecule has 1 saturated heterocycles. The molecule has 0 spiro atoms. The normalized spacial score (nSPS) is 17.5. The first-order chi connectivity index (χ1) is 13.8. The maximum absolute atomic E-state index is 13.1. The van der Waals surface area contributed by atoms with E-state index in [1.54, 1.807) is 12.1 Å². The van der Waals surface area contributed by atoms with Crippen LogP contribution in [0.2, 0.25) is 0 Å². The van der Waals surface area contributed by atoms with Gasteiger partial charge in [0.25, 0.3) is 0 Å². The molecule has 29 heavy (non-hydrogen) atoms. The molecular formula is C24H36N2O3. The summed E-state index contributed by atoms with van der Waals surface area (Å²) in [6.45, 7) is 13.0. The minimum Gasteiger partial charge on any atom is -0.486 e. The number of likely N-dealkylation sites (tertiary alicyclic amines) is 1. The molecule has 0 amide bonds. The highest BCUT2D eigenvalue weighted by Crippen LogP contribution is 2.30.